The first kappa shape index (κ1) is 14.8. The molecule has 2 rings (SSSR count). The van der Waals surface area contributed by atoms with Crippen molar-refractivity contribution in [3.05, 3.63) is 11.1 Å². The minimum Gasteiger partial charge on any atom is -0.481 e. The van der Waals surface area contributed by atoms with Crippen molar-refractivity contribution in [1.29, 1.82) is 0 Å². The second kappa shape index (κ2) is 5.40. The number of anilines is 1. The third-order valence-electron chi connectivity index (χ3n) is 3.60. The van der Waals surface area contributed by atoms with Crippen LogP contribution in [0.3, 0.4) is 0 Å². The summed E-state index contributed by atoms with van der Waals surface area (Å²) in [7, 11) is 0. The molecule has 1 unspecified atom stereocenters. The number of hydrogen-bond acceptors (Lipinski definition) is 4. The van der Waals surface area contributed by atoms with Crippen molar-refractivity contribution in [2.45, 2.75) is 33.1 Å². The maximum absolute atomic E-state index is 12.1. The number of urea groups is 1. The topological polar surface area (TPSA) is 82.5 Å². The zero-order valence-electron chi connectivity index (χ0n) is 11.8. The van der Waals surface area contributed by atoms with Crippen LogP contribution in [0.25, 0.3) is 0 Å². The minimum atomic E-state index is -0.857. The van der Waals surface area contributed by atoms with Gasteiger partial charge in [0.25, 0.3) is 0 Å². The molecule has 2 N–H and O–H groups in total. The van der Waals surface area contributed by atoms with E-state index in [1.165, 1.54) is 16.2 Å². The van der Waals surface area contributed by atoms with Gasteiger partial charge in [0.2, 0.25) is 0 Å². The number of amides is 2. The number of aliphatic carboxylic acids is 1. The maximum Gasteiger partial charge on any atom is 0.323 e. The molecule has 20 heavy (non-hydrogen) atoms. The SMILES string of the molecule is CC(C)c1csc(NC(=O)N2CCC(C)(C(=O)O)C2)n1. The molecule has 1 aromatic rings. The number of rotatable bonds is 3. The lowest BCUT2D eigenvalue weighted by Crippen LogP contribution is -2.37. The van der Waals surface area contributed by atoms with E-state index in [4.69, 9.17) is 5.11 Å². The number of nitrogens with zero attached hydrogens (tertiary/aromatic N) is 2. The summed E-state index contributed by atoms with van der Waals surface area (Å²) in [6.45, 7) is 6.44. The van der Waals surface area contributed by atoms with E-state index in [1.807, 2.05) is 19.2 Å². The van der Waals surface area contributed by atoms with Gasteiger partial charge in [-0.05, 0) is 19.3 Å². The molecule has 0 aliphatic carbocycles. The molecule has 0 saturated carbocycles. The quantitative estimate of drug-likeness (QED) is 0.898. The molecule has 1 aliphatic heterocycles. The monoisotopic (exact) mass is 297 g/mol. The highest BCUT2D eigenvalue weighted by atomic mass is 32.1. The second-order valence-electron chi connectivity index (χ2n) is 5.70. The molecular formula is C13H19N3O3S. The molecule has 0 spiro atoms. The van der Waals surface area contributed by atoms with E-state index >= 15 is 0 Å². The smallest absolute Gasteiger partial charge is 0.323 e. The molecule has 1 aromatic heterocycles. The van der Waals surface area contributed by atoms with Crippen molar-refractivity contribution in [1.82, 2.24) is 9.88 Å². The maximum atomic E-state index is 12.1. The van der Waals surface area contributed by atoms with Crippen molar-refractivity contribution in [3.63, 3.8) is 0 Å². The lowest BCUT2D eigenvalue weighted by molar-refractivity contribution is -0.146. The first-order valence-electron chi connectivity index (χ1n) is 6.56. The van der Waals surface area contributed by atoms with E-state index in [0.717, 1.165) is 5.69 Å². The summed E-state index contributed by atoms with van der Waals surface area (Å²) in [5, 5.41) is 14.4. The standard InChI is InChI=1S/C13H19N3O3S/c1-8(2)9-6-20-11(14-9)15-12(19)16-5-4-13(3,7-16)10(17)18/h6,8H,4-5,7H2,1-3H3,(H,17,18)(H,14,15,19). The molecule has 2 amide bonds. The van der Waals surface area contributed by atoms with Crippen LogP contribution < -0.4 is 5.32 Å². The summed E-state index contributed by atoms with van der Waals surface area (Å²) in [4.78, 5) is 29.1. The van der Waals surface area contributed by atoms with Crippen molar-refractivity contribution < 1.29 is 14.7 Å². The first-order chi connectivity index (χ1) is 9.32. The van der Waals surface area contributed by atoms with E-state index in [0.29, 0.717) is 24.0 Å². The van der Waals surface area contributed by atoms with Gasteiger partial charge in [-0.25, -0.2) is 9.78 Å². The number of hydrogen-bond donors (Lipinski definition) is 2. The van der Waals surface area contributed by atoms with Crippen molar-refractivity contribution in [3.8, 4) is 0 Å². The fraction of sp³-hybridized carbons (Fsp3) is 0.615. The summed E-state index contributed by atoms with van der Waals surface area (Å²) < 4.78 is 0. The number of likely N-dealkylation sites (tertiary alicyclic amines) is 1. The molecule has 2 heterocycles. The Kier molecular flexibility index (Phi) is 3.99. The normalized spacial score (nSPS) is 22.3. The van der Waals surface area contributed by atoms with Gasteiger partial charge in [0, 0.05) is 18.5 Å². The molecule has 6 nitrogen and oxygen atoms in total. The Morgan fingerprint density at radius 3 is 2.75 bits per heavy atom. The van der Waals surface area contributed by atoms with Crippen LogP contribution in [-0.2, 0) is 4.79 Å². The van der Waals surface area contributed by atoms with Gasteiger partial charge in [-0.1, -0.05) is 13.8 Å². The molecular weight excluding hydrogens is 278 g/mol. The zero-order valence-corrected chi connectivity index (χ0v) is 12.7. The number of thiazole rings is 1. The lowest BCUT2D eigenvalue weighted by atomic mass is 9.90. The number of carbonyl (C=O) groups is 2. The Balaban J connectivity index is 1.97. The van der Waals surface area contributed by atoms with Crippen molar-refractivity contribution in [2.24, 2.45) is 5.41 Å². The van der Waals surface area contributed by atoms with Crippen LogP contribution in [-0.4, -0.2) is 40.1 Å². The Morgan fingerprint density at radius 2 is 2.25 bits per heavy atom. The summed E-state index contributed by atoms with van der Waals surface area (Å²) in [5.41, 5.74) is 0.102. The molecule has 1 atom stereocenters. The van der Waals surface area contributed by atoms with Crippen LogP contribution in [0.1, 0.15) is 38.8 Å². The lowest BCUT2D eigenvalue weighted by Gasteiger charge is -2.19. The molecule has 0 bridgehead atoms. The highest BCUT2D eigenvalue weighted by Gasteiger charge is 2.42. The molecule has 1 saturated heterocycles. The molecule has 7 heteroatoms. The summed E-state index contributed by atoms with van der Waals surface area (Å²) in [6.07, 6.45) is 0.477. The number of carbonyl (C=O) groups excluding carboxylic acids is 1. The molecule has 0 aromatic carbocycles. The molecule has 110 valence electrons. The number of aromatic nitrogens is 1. The van der Waals surface area contributed by atoms with Gasteiger partial charge >= 0.3 is 12.0 Å². The van der Waals surface area contributed by atoms with Crippen LogP contribution in [0.5, 0.6) is 0 Å². The highest BCUT2D eigenvalue weighted by Crippen LogP contribution is 2.30. The van der Waals surface area contributed by atoms with Crippen LogP contribution in [0, 0.1) is 5.41 Å². The molecule has 1 fully saturated rings. The van der Waals surface area contributed by atoms with Crippen LogP contribution in [0.4, 0.5) is 9.93 Å². The summed E-state index contributed by atoms with van der Waals surface area (Å²) in [6, 6.07) is -0.278. The van der Waals surface area contributed by atoms with Crippen LogP contribution >= 0.6 is 11.3 Å². The van der Waals surface area contributed by atoms with Crippen molar-refractivity contribution >= 4 is 28.5 Å². The van der Waals surface area contributed by atoms with E-state index in [1.54, 1.807) is 6.92 Å². The van der Waals surface area contributed by atoms with Crippen LogP contribution in [0.2, 0.25) is 0 Å². The third-order valence-corrected chi connectivity index (χ3v) is 4.38. The van der Waals surface area contributed by atoms with E-state index in [-0.39, 0.29) is 12.6 Å². The number of carboxylic acids is 1. The fourth-order valence-electron chi connectivity index (χ4n) is 2.09. The third kappa shape index (κ3) is 2.92. The van der Waals surface area contributed by atoms with Crippen molar-refractivity contribution in [2.75, 3.05) is 18.4 Å². The van der Waals surface area contributed by atoms with Gasteiger partial charge in [0.05, 0.1) is 11.1 Å². The molecule has 1 aliphatic rings. The second-order valence-corrected chi connectivity index (χ2v) is 6.56. The van der Waals surface area contributed by atoms with Gasteiger partial charge in [-0.2, -0.15) is 0 Å². The van der Waals surface area contributed by atoms with Gasteiger partial charge in [-0.15, -0.1) is 11.3 Å². The van der Waals surface area contributed by atoms with E-state index < -0.39 is 11.4 Å². The number of carboxylic acid groups (broad SMARTS) is 1. The van der Waals surface area contributed by atoms with E-state index in [9.17, 15) is 9.59 Å². The Hall–Kier alpha value is -1.63. The van der Waals surface area contributed by atoms with Gasteiger partial charge < -0.3 is 10.0 Å². The van der Waals surface area contributed by atoms with Gasteiger partial charge in [0.1, 0.15) is 0 Å². The van der Waals surface area contributed by atoms with Gasteiger partial charge in [-0.3, -0.25) is 10.1 Å². The molecule has 0 radical (unpaired) electrons. The predicted octanol–water partition coefficient (Wildman–Crippen LogP) is 2.60. The highest BCUT2D eigenvalue weighted by molar-refractivity contribution is 7.13. The largest absolute Gasteiger partial charge is 0.481 e. The Morgan fingerprint density at radius 1 is 1.55 bits per heavy atom. The average molecular weight is 297 g/mol. The Bertz CT molecular complexity index is 529. The van der Waals surface area contributed by atoms with Gasteiger partial charge in [0.15, 0.2) is 5.13 Å². The average Bonchev–Trinajstić information content (AvgIpc) is 2.97. The predicted molar refractivity (Wildman–Crippen MR) is 77.2 cm³/mol. The first-order valence-corrected chi connectivity index (χ1v) is 7.44. The van der Waals surface area contributed by atoms with E-state index in [2.05, 4.69) is 10.3 Å². The van der Waals surface area contributed by atoms with Crippen LogP contribution in [0.15, 0.2) is 5.38 Å². The Labute approximate surface area is 121 Å². The fourth-order valence-corrected chi connectivity index (χ4v) is 2.95. The minimum absolute atomic E-state index is 0.233. The summed E-state index contributed by atoms with van der Waals surface area (Å²) in [5.74, 6) is -0.539. The zero-order chi connectivity index (χ0) is 14.9. The summed E-state index contributed by atoms with van der Waals surface area (Å²) >= 11 is 1.39. The number of nitrogens with one attached hydrogen (secondary N) is 1.